The molecule has 0 aliphatic carbocycles. The highest BCUT2D eigenvalue weighted by molar-refractivity contribution is 6.49. The van der Waals surface area contributed by atoms with Crippen LogP contribution in [0.25, 0.3) is 0 Å². The Morgan fingerprint density at radius 2 is 1.33 bits per heavy atom. The van der Waals surface area contributed by atoms with Crippen LogP contribution in [0.2, 0.25) is 15.1 Å². The van der Waals surface area contributed by atoms with Crippen LogP contribution in [-0.2, 0) is 6.42 Å². The molecule has 2 nitrogen and oxygen atoms in total. The van der Waals surface area contributed by atoms with E-state index in [2.05, 4.69) is 6.92 Å². The van der Waals surface area contributed by atoms with Gasteiger partial charge in [-0.1, -0.05) is 99.5 Å². The van der Waals surface area contributed by atoms with Gasteiger partial charge in [0.1, 0.15) is 0 Å². The smallest absolute Gasteiger partial charge is 0.337 e. The number of hydrogen-bond acceptors (Lipinski definition) is 1. The van der Waals surface area contributed by atoms with Crippen LogP contribution in [0, 0.1) is 0 Å². The summed E-state index contributed by atoms with van der Waals surface area (Å²) in [5.41, 5.74) is 0.788. The number of aryl methyl sites for hydroxylation is 1. The molecule has 136 valence electrons. The third-order valence-electron chi connectivity index (χ3n) is 4.25. The zero-order valence-electron chi connectivity index (χ0n) is 14.3. The summed E-state index contributed by atoms with van der Waals surface area (Å²) in [5, 5.41) is 9.70. The number of carboxylic acids is 1. The molecule has 0 fully saturated rings. The Labute approximate surface area is 160 Å². The minimum Gasteiger partial charge on any atom is -0.478 e. The normalized spacial score (nSPS) is 11.0. The molecule has 24 heavy (non-hydrogen) atoms. The first-order valence-corrected chi connectivity index (χ1v) is 10.0. The summed E-state index contributed by atoms with van der Waals surface area (Å²) in [7, 11) is 0. The number of rotatable bonds is 12. The number of unbranched alkanes of at least 4 members (excludes halogenated alkanes) is 9. The van der Waals surface area contributed by atoms with Crippen molar-refractivity contribution in [2.45, 2.75) is 77.6 Å². The topological polar surface area (TPSA) is 37.3 Å². The molecule has 0 spiro atoms. The van der Waals surface area contributed by atoms with Crippen molar-refractivity contribution in [3.05, 3.63) is 32.3 Å². The average Bonchev–Trinajstić information content (AvgIpc) is 2.56. The lowest BCUT2D eigenvalue weighted by Crippen LogP contribution is -2.01. The highest BCUT2D eigenvalue weighted by atomic mass is 35.5. The monoisotopic (exact) mass is 392 g/mol. The second kappa shape index (κ2) is 12.0. The van der Waals surface area contributed by atoms with Crippen molar-refractivity contribution in [2.75, 3.05) is 0 Å². The summed E-state index contributed by atoms with van der Waals surface area (Å²) in [5.74, 6) is -1.08. The minimum absolute atomic E-state index is 0.0148. The van der Waals surface area contributed by atoms with Gasteiger partial charge in [-0.25, -0.2) is 4.79 Å². The van der Waals surface area contributed by atoms with Gasteiger partial charge in [0.15, 0.2) is 0 Å². The van der Waals surface area contributed by atoms with Gasteiger partial charge in [0.2, 0.25) is 0 Å². The molecule has 0 bridgehead atoms. The van der Waals surface area contributed by atoms with Crippen LogP contribution in [0.3, 0.4) is 0 Å². The zero-order valence-corrected chi connectivity index (χ0v) is 16.6. The van der Waals surface area contributed by atoms with E-state index < -0.39 is 5.97 Å². The highest BCUT2D eigenvalue weighted by Gasteiger charge is 2.18. The second-order valence-electron chi connectivity index (χ2n) is 6.26. The number of carbonyl (C=O) groups is 1. The van der Waals surface area contributed by atoms with Crippen LogP contribution in [0.4, 0.5) is 0 Å². The van der Waals surface area contributed by atoms with Crippen LogP contribution in [-0.4, -0.2) is 11.1 Å². The van der Waals surface area contributed by atoms with Crippen LogP contribution < -0.4 is 0 Å². The van der Waals surface area contributed by atoms with Crippen molar-refractivity contribution in [2.24, 2.45) is 0 Å². The maximum Gasteiger partial charge on any atom is 0.337 e. The molecule has 0 atom stereocenters. The fourth-order valence-corrected chi connectivity index (χ4v) is 3.54. The predicted octanol–water partition coefficient (Wildman–Crippen LogP) is 7.81. The van der Waals surface area contributed by atoms with Gasteiger partial charge >= 0.3 is 5.97 Å². The average molecular weight is 394 g/mol. The second-order valence-corrected chi connectivity index (χ2v) is 7.40. The Kier molecular flexibility index (Phi) is 10.8. The largest absolute Gasteiger partial charge is 0.478 e. The highest BCUT2D eigenvalue weighted by Crippen LogP contribution is 2.36. The molecule has 1 rings (SSSR count). The molecule has 1 N–H and O–H groups in total. The first-order valence-electron chi connectivity index (χ1n) is 8.88. The van der Waals surface area contributed by atoms with E-state index in [0.717, 1.165) is 24.8 Å². The van der Waals surface area contributed by atoms with Crippen molar-refractivity contribution in [1.29, 1.82) is 0 Å². The summed E-state index contributed by atoms with van der Waals surface area (Å²) in [6, 6.07) is 1.55. The van der Waals surface area contributed by atoms with E-state index in [1.807, 2.05) is 0 Å². The lowest BCUT2D eigenvalue weighted by Gasteiger charge is -2.10. The van der Waals surface area contributed by atoms with E-state index in [-0.39, 0.29) is 15.6 Å². The first-order chi connectivity index (χ1) is 11.5. The molecule has 0 aliphatic heterocycles. The number of hydrogen-bond donors (Lipinski definition) is 1. The van der Waals surface area contributed by atoms with Gasteiger partial charge in [-0.3, -0.25) is 0 Å². The van der Waals surface area contributed by atoms with E-state index in [4.69, 9.17) is 39.9 Å². The number of aromatic carboxylic acids is 1. The van der Waals surface area contributed by atoms with Crippen LogP contribution in [0.15, 0.2) is 6.07 Å². The molecule has 1 aromatic carbocycles. The van der Waals surface area contributed by atoms with E-state index >= 15 is 0 Å². The van der Waals surface area contributed by atoms with E-state index in [0.29, 0.717) is 5.02 Å². The molecule has 0 amide bonds. The lowest BCUT2D eigenvalue weighted by atomic mass is 10.0. The van der Waals surface area contributed by atoms with Crippen LogP contribution in [0.5, 0.6) is 0 Å². The van der Waals surface area contributed by atoms with Gasteiger partial charge in [-0.15, -0.1) is 0 Å². The van der Waals surface area contributed by atoms with Crippen LogP contribution in [0.1, 0.15) is 87.1 Å². The Bertz CT molecular complexity index is 530. The molecule has 5 heteroatoms. The maximum atomic E-state index is 11.2. The van der Waals surface area contributed by atoms with Gasteiger partial charge in [0.25, 0.3) is 0 Å². The fourth-order valence-electron chi connectivity index (χ4n) is 2.80. The van der Waals surface area contributed by atoms with Gasteiger partial charge in [0.05, 0.1) is 20.6 Å². The third-order valence-corrected chi connectivity index (χ3v) is 5.65. The molecule has 0 aromatic heterocycles. The Morgan fingerprint density at radius 3 is 1.83 bits per heavy atom. The van der Waals surface area contributed by atoms with E-state index in [9.17, 15) is 4.79 Å². The first kappa shape index (κ1) is 21.6. The Balaban J connectivity index is 2.32. The molecule has 0 radical (unpaired) electrons. The minimum atomic E-state index is -1.08. The van der Waals surface area contributed by atoms with Gasteiger partial charge in [-0.2, -0.15) is 0 Å². The SMILES string of the molecule is CCCCCCCCCCCCc1cc(C(=O)O)c(Cl)c(Cl)c1Cl. The summed E-state index contributed by atoms with van der Waals surface area (Å²) < 4.78 is 0. The molecule has 0 saturated carbocycles. The zero-order chi connectivity index (χ0) is 17.9. The third kappa shape index (κ3) is 7.21. The summed E-state index contributed by atoms with van der Waals surface area (Å²) in [6.07, 6.45) is 13.3. The van der Waals surface area contributed by atoms with Gasteiger partial charge < -0.3 is 5.11 Å². The van der Waals surface area contributed by atoms with Crippen molar-refractivity contribution in [3.63, 3.8) is 0 Å². The molecule has 1 aromatic rings. The predicted molar refractivity (Wildman–Crippen MR) is 104 cm³/mol. The molecule has 0 aliphatic rings. The quantitative estimate of drug-likeness (QED) is 0.290. The number of carboxylic acid groups (broad SMARTS) is 1. The molecular weight excluding hydrogens is 367 g/mol. The fraction of sp³-hybridized carbons (Fsp3) is 0.632. The lowest BCUT2D eigenvalue weighted by molar-refractivity contribution is 0.0697. The van der Waals surface area contributed by atoms with Crippen molar-refractivity contribution in [1.82, 2.24) is 0 Å². The molecule has 0 saturated heterocycles. The van der Waals surface area contributed by atoms with E-state index in [1.54, 1.807) is 6.07 Å². The number of benzene rings is 1. The van der Waals surface area contributed by atoms with Crippen LogP contribution >= 0.6 is 34.8 Å². The summed E-state index contributed by atoms with van der Waals surface area (Å²) in [6.45, 7) is 2.24. The summed E-state index contributed by atoms with van der Waals surface area (Å²) in [4.78, 5) is 11.2. The Morgan fingerprint density at radius 1 is 0.833 bits per heavy atom. The maximum absolute atomic E-state index is 11.2. The standard InChI is InChI=1S/C19H27Cl3O2/c1-2-3-4-5-6-7-8-9-10-11-12-14-13-15(19(23)24)17(21)18(22)16(14)20/h13H,2-12H2,1H3,(H,23,24). The molecule has 0 heterocycles. The summed E-state index contributed by atoms with van der Waals surface area (Å²) >= 11 is 18.2. The van der Waals surface area contributed by atoms with Gasteiger partial charge in [-0.05, 0) is 24.5 Å². The van der Waals surface area contributed by atoms with Gasteiger partial charge in [0, 0.05) is 0 Å². The number of halogens is 3. The van der Waals surface area contributed by atoms with Crippen molar-refractivity contribution in [3.8, 4) is 0 Å². The molecular formula is C19H27Cl3O2. The van der Waals surface area contributed by atoms with Crippen molar-refractivity contribution < 1.29 is 9.90 Å². The van der Waals surface area contributed by atoms with Crippen molar-refractivity contribution >= 4 is 40.8 Å². The molecule has 0 unspecified atom stereocenters. The van der Waals surface area contributed by atoms with E-state index in [1.165, 1.54) is 51.4 Å². The Hall–Kier alpha value is -0.440.